The second kappa shape index (κ2) is 6.72. The number of carbonyl (C=O) groups excluding carboxylic acids is 2. The lowest BCUT2D eigenvalue weighted by molar-refractivity contribution is -0.134. The number of halogens is 1. The van der Waals surface area contributed by atoms with E-state index in [0.717, 1.165) is 24.0 Å². The van der Waals surface area contributed by atoms with Crippen LogP contribution in [0.15, 0.2) is 18.2 Å². The number of amides is 2. The van der Waals surface area contributed by atoms with E-state index in [2.05, 4.69) is 10.3 Å². The predicted molar refractivity (Wildman–Crippen MR) is 75.0 cm³/mol. The van der Waals surface area contributed by atoms with Crippen LogP contribution in [0.25, 0.3) is 0 Å². The highest BCUT2D eigenvalue weighted by molar-refractivity contribution is 6.24. The molecule has 1 saturated carbocycles. The van der Waals surface area contributed by atoms with Crippen molar-refractivity contribution in [2.75, 3.05) is 0 Å². The van der Waals surface area contributed by atoms with E-state index in [-0.39, 0.29) is 18.4 Å². The topological polar surface area (TPSA) is 67.4 Å². The standard InChI is InChI=1S/C14H17ClN2O3/c1-2-13(18)17-20-8-12-10(9-6-7-9)4-3-5-11(12)14(19)16-15/h3-5,9H,2,6-8H2,1H3,(H,16,19)(H,17,18). The molecule has 0 radical (unpaired) electrons. The van der Waals surface area contributed by atoms with Crippen molar-refractivity contribution in [3.05, 3.63) is 34.9 Å². The van der Waals surface area contributed by atoms with Crippen molar-refractivity contribution in [3.63, 3.8) is 0 Å². The maximum Gasteiger partial charge on any atom is 0.265 e. The van der Waals surface area contributed by atoms with Crippen LogP contribution in [0.2, 0.25) is 0 Å². The van der Waals surface area contributed by atoms with Crippen LogP contribution in [-0.2, 0) is 16.2 Å². The zero-order chi connectivity index (χ0) is 14.5. The van der Waals surface area contributed by atoms with Gasteiger partial charge in [0.25, 0.3) is 5.91 Å². The maximum atomic E-state index is 11.8. The van der Waals surface area contributed by atoms with Crippen LogP contribution in [0.4, 0.5) is 0 Å². The van der Waals surface area contributed by atoms with Gasteiger partial charge in [0.1, 0.15) is 6.61 Å². The van der Waals surface area contributed by atoms with E-state index in [9.17, 15) is 9.59 Å². The highest BCUT2D eigenvalue weighted by Crippen LogP contribution is 2.42. The van der Waals surface area contributed by atoms with Crippen molar-refractivity contribution in [1.82, 2.24) is 10.3 Å². The highest BCUT2D eigenvalue weighted by Gasteiger charge is 2.28. The Bertz CT molecular complexity index is 515. The second-order valence-electron chi connectivity index (χ2n) is 4.74. The zero-order valence-corrected chi connectivity index (χ0v) is 12.0. The number of benzene rings is 1. The fourth-order valence-corrected chi connectivity index (χ4v) is 2.17. The van der Waals surface area contributed by atoms with Gasteiger partial charge < -0.3 is 0 Å². The molecule has 1 aliphatic carbocycles. The van der Waals surface area contributed by atoms with E-state index in [0.29, 0.717) is 17.9 Å². The molecule has 0 bridgehead atoms. The molecule has 0 aliphatic heterocycles. The molecular weight excluding hydrogens is 280 g/mol. The van der Waals surface area contributed by atoms with Crippen molar-refractivity contribution in [2.45, 2.75) is 38.7 Å². The van der Waals surface area contributed by atoms with Crippen LogP contribution in [-0.4, -0.2) is 11.8 Å². The minimum absolute atomic E-state index is 0.151. The number of nitrogens with one attached hydrogen (secondary N) is 2. The van der Waals surface area contributed by atoms with Crippen LogP contribution >= 0.6 is 11.8 Å². The Morgan fingerprint density at radius 1 is 1.40 bits per heavy atom. The second-order valence-corrected chi connectivity index (χ2v) is 4.93. The van der Waals surface area contributed by atoms with E-state index in [1.807, 2.05) is 12.1 Å². The van der Waals surface area contributed by atoms with Gasteiger partial charge in [-0.1, -0.05) is 19.1 Å². The summed E-state index contributed by atoms with van der Waals surface area (Å²) in [4.78, 5) is 30.3. The highest BCUT2D eigenvalue weighted by atomic mass is 35.5. The normalized spacial score (nSPS) is 13.9. The maximum absolute atomic E-state index is 11.8. The van der Waals surface area contributed by atoms with Crippen LogP contribution < -0.4 is 10.3 Å². The monoisotopic (exact) mass is 296 g/mol. The molecule has 1 aliphatic rings. The first kappa shape index (κ1) is 14.8. The summed E-state index contributed by atoms with van der Waals surface area (Å²) >= 11 is 5.40. The summed E-state index contributed by atoms with van der Waals surface area (Å²) in [6, 6.07) is 5.52. The average molecular weight is 297 g/mol. The molecule has 2 rings (SSSR count). The molecule has 108 valence electrons. The molecule has 1 aromatic carbocycles. The molecule has 2 amide bonds. The lowest BCUT2D eigenvalue weighted by Crippen LogP contribution is -2.24. The van der Waals surface area contributed by atoms with Crippen LogP contribution in [0.1, 0.15) is 53.6 Å². The third-order valence-corrected chi connectivity index (χ3v) is 3.46. The molecule has 0 atom stereocenters. The predicted octanol–water partition coefficient (Wildman–Crippen LogP) is 2.41. The minimum atomic E-state index is -0.366. The molecular formula is C14H17ClN2O3. The summed E-state index contributed by atoms with van der Waals surface area (Å²) in [6.45, 7) is 1.89. The summed E-state index contributed by atoms with van der Waals surface area (Å²) < 4.78 is 0. The largest absolute Gasteiger partial charge is 0.273 e. The fourth-order valence-electron chi connectivity index (χ4n) is 2.07. The van der Waals surface area contributed by atoms with Crippen LogP contribution in [0, 0.1) is 0 Å². The Morgan fingerprint density at radius 3 is 2.75 bits per heavy atom. The Balaban J connectivity index is 2.18. The average Bonchev–Trinajstić information content (AvgIpc) is 3.30. The molecule has 0 unspecified atom stereocenters. The van der Waals surface area contributed by atoms with Crippen molar-refractivity contribution < 1.29 is 14.4 Å². The Morgan fingerprint density at radius 2 is 2.15 bits per heavy atom. The van der Waals surface area contributed by atoms with Gasteiger partial charge in [-0.2, -0.15) is 0 Å². The van der Waals surface area contributed by atoms with E-state index in [1.165, 1.54) is 0 Å². The molecule has 1 aromatic rings. The molecule has 0 heterocycles. The van der Waals surface area contributed by atoms with Crippen molar-refractivity contribution in [3.8, 4) is 0 Å². The van der Waals surface area contributed by atoms with Crippen molar-refractivity contribution >= 4 is 23.6 Å². The molecule has 2 N–H and O–H groups in total. The van der Waals surface area contributed by atoms with Gasteiger partial charge in [-0.3, -0.25) is 19.3 Å². The Kier molecular flexibility index (Phi) is 4.98. The smallest absolute Gasteiger partial charge is 0.265 e. The quantitative estimate of drug-likeness (QED) is 0.626. The van der Waals surface area contributed by atoms with E-state index in [4.69, 9.17) is 16.6 Å². The van der Waals surface area contributed by atoms with Crippen molar-refractivity contribution in [2.24, 2.45) is 0 Å². The van der Waals surface area contributed by atoms with Crippen molar-refractivity contribution in [1.29, 1.82) is 0 Å². The minimum Gasteiger partial charge on any atom is -0.273 e. The van der Waals surface area contributed by atoms with Gasteiger partial charge in [0.15, 0.2) is 0 Å². The summed E-state index contributed by atoms with van der Waals surface area (Å²) in [6.07, 6.45) is 2.57. The SMILES string of the molecule is CCC(=O)NOCc1c(C(=O)NCl)cccc1C1CC1. The zero-order valence-electron chi connectivity index (χ0n) is 11.2. The number of carbonyl (C=O) groups is 2. The first-order valence-electron chi connectivity index (χ1n) is 6.60. The summed E-state index contributed by atoms with van der Waals surface area (Å²) in [7, 11) is 0. The van der Waals surface area contributed by atoms with E-state index < -0.39 is 0 Å². The van der Waals surface area contributed by atoms with Gasteiger partial charge in [-0.05, 0) is 36.0 Å². The van der Waals surface area contributed by atoms with Gasteiger partial charge in [-0.25, -0.2) is 5.48 Å². The first-order chi connectivity index (χ1) is 9.67. The van der Waals surface area contributed by atoms with Crippen LogP contribution in [0.5, 0.6) is 0 Å². The third-order valence-electron chi connectivity index (χ3n) is 3.28. The number of rotatable bonds is 6. The fraction of sp³-hybridized carbons (Fsp3) is 0.429. The van der Waals surface area contributed by atoms with Crippen LogP contribution in [0.3, 0.4) is 0 Å². The van der Waals surface area contributed by atoms with Gasteiger partial charge in [0.05, 0.1) is 0 Å². The van der Waals surface area contributed by atoms with Gasteiger partial charge >= 0.3 is 0 Å². The lowest BCUT2D eigenvalue weighted by Gasteiger charge is -2.13. The molecule has 6 heteroatoms. The molecule has 0 saturated heterocycles. The summed E-state index contributed by atoms with van der Waals surface area (Å²) in [5.41, 5.74) is 4.70. The van der Waals surface area contributed by atoms with E-state index in [1.54, 1.807) is 13.0 Å². The van der Waals surface area contributed by atoms with Gasteiger partial charge in [-0.15, -0.1) is 0 Å². The molecule has 0 spiro atoms. The van der Waals surface area contributed by atoms with E-state index >= 15 is 0 Å². The first-order valence-corrected chi connectivity index (χ1v) is 6.98. The van der Waals surface area contributed by atoms with Gasteiger partial charge in [0, 0.05) is 23.8 Å². The Hall–Kier alpha value is -1.59. The van der Waals surface area contributed by atoms with Gasteiger partial charge in [0.2, 0.25) is 5.91 Å². The summed E-state index contributed by atoms with van der Waals surface area (Å²) in [5.74, 6) is -0.0922. The molecule has 20 heavy (non-hydrogen) atoms. The number of hydrogen-bond acceptors (Lipinski definition) is 3. The lowest BCUT2D eigenvalue weighted by atomic mass is 9.98. The number of hydroxylamine groups is 1. The summed E-state index contributed by atoms with van der Waals surface area (Å²) in [5, 5.41) is 0. The molecule has 5 nitrogen and oxygen atoms in total. The third kappa shape index (κ3) is 3.49. The number of hydrogen-bond donors (Lipinski definition) is 2. The molecule has 1 fully saturated rings. The molecule has 0 aromatic heterocycles. The Labute approximate surface area is 122 Å².